The van der Waals surface area contributed by atoms with Gasteiger partial charge >= 0.3 is 18.3 Å². The number of hydrogen-bond acceptors (Lipinski definition) is 23. The number of ether oxygens (including phenoxy) is 3. The molecule has 0 aliphatic carbocycles. The molecule has 2 amide bonds. The van der Waals surface area contributed by atoms with Gasteiger partial charge in [0.2, 0.25) is 0 Å². The van der Waals surface area contributed by atoms with Crippen molar-refractivity contribution in [2.45, 2.75) is 94.7 Å². The highest BCUT2D eigenvalue weighted by Crippen LogP contribution is 2.20. The van der Waals surface area contributed by atoms with E-state index in [9.17, 15) is 76.8 Å². The summed E-state index contributed by atoms with van der Waals surface area (Å²) in [6.45, 7) is 3.68. The smallest absolute Gasteiger partial charge is 0.490 e. The average molecular weight is 1150 g/mol. The van der Waals surface area contributed by atoms with Crippen LogP contribution in [-0.2, 0) is 43.4 Å². The van der Waals surface area contributed by atoms with E-state index in [2.05, 4.69) is 20.6 Å². The van der Waals surface area contributed by atoms with Crippen LogP contribution >= 0.6 is 11.6 Å². The Morgan fingerprint density at radius 2 is 1.21 bits per heavy atom. The lowest BCUT2D eigenvalue weighted by molar-refractivity contribution is -0.676. The number of aliphatic hydroxyl groups is 10. The highest BCUT2D eigenvalue weighted by molar-refractivity contribution is 6.31. The lowest BCUT2D eigenvalue weighted by Gasteiger charge is -2.33. The number of halogens is 7. The number of imidazole rings is 1. The van der Waals surface area contributed by atoms with Gasteiger partial charge in [-0.3, -0.25) is 14.5 Å². The molecule has 0 aliphatic rings. The lowest BCUT2D eigenvalue weighted by Crippen LogP contribution is -2.53. The van der Waals surface area contributed by atoms with Gasteiger partial charge in [0.1, 0.15) is 49.1 Å². The Bertz CT molecular complexity index is 2260. The predicted molar refractivity (Wildman–Crippen MR) is 249 cm³/mol. The second-order valence-electron chi connectivity index (χ2n) is 16.0. The summed E-state index contributed by atoms with van der Waals surface area (Å²) in [6.07, 6.45) is -24.8. The number of carboxylic acids is 2. The normalized spacial score (nSPS) is 15.0. The van der Waals surface area contributed by atoms with E-state index in [1.807, 2.05) is 29.0 Å². The molecule has 77 heavy (non-hydrogen) atoms. The number of alkyl halides is 6. The first-order chi connectivity index (χ1) is 35.9. The Balaban J connectivity index is 0.00000185. The van der Waals surface area contributed by atoms with Gasteiger partial charge in [-0.15, -0.1) is 0 Å². The summed E-state index contributed by atoms with van der Waals surface area (Å²) in [5, 5.41) is 120. The SMILES string of the molecule is CCn1c(CNC(=O)c2nc(Cl)c(N)nc2N)[n+](CC)c2ccc(C(=O)NCCOCCOCCOCCN(C[C@H](O)[C@@H](O)[C@H](O)[C@H](O)CO)C[C@H](O)[C@@H](O)[C@H](O)[C@H](O)CO)cc21.O=C(O)C(F)(F)F.O=C([O-])C(F)(F)F. The number of aryl methyl sites for hydroxylation is 2. The number of benzene rings is 1. The molecule has 440 valence electrons. The maximum atomic E-state index is 13.1. The van der Waals surface area contributed by atoms with Crippen molar-refractivity contribution in [3.8, 4) is 0 Å². The molecule has 8 atom stereocenters. The molecule has 0 saturated carbocycles. The average Bonchev–Trinajstić information content (AvgIpc) is 3.68. The Hall–Kier alpha value is -5.44. The summed E-state index contributed by atoms with van der Waals surface area (Å²) in [4.78, 5) is 52.8. The fraction of sp³-hybridized carbons (Fsp3) is 0.643. The number of anilines is 2. The first-order valence-corrected chi connectivity index (χ1v) is 23.2. The van der Waals surface area contributed by atoms with Gasteiger partial charge in [0.25, 0.3) is 17.6 Å². The van der Waals surface area contributed by atoms with Crippen LogP contribution in [0.2, 0.25) is 5.15 Å². The van der Waals surface area contributed by atoms with Gasteiger partial charge in [0, 0.05) is 37.8 Å². The van der Waals surface area contributed by atoms with Crippen molar-refractivity contribution in [2.24, 2.45) is 0 Å². The largest absolute Gasteiger partial charge is 0.542 e. The monoisotopic (exact) mass is 1150 g/mol. The molecule has 0 spiro atoms. The van der Waals surface area contributed by atoms with E-state index in [1.54, 1.807) is 12.1 Å². The molecule has 0 aliphatic heterocycles. The Kier molecular flexibility index (Phi) is 30.5. The van der Waals surface area contributed by atoms with Crippen LogP contribution in [0.3, 0.4) is 0 Å². The lowest BCUT2D eigenvalue weighted by atomic mass is 10.0. The molecule has 3 rings (SSSR count). The zero-order valence-electron chi connectivity index (χ0n) is 41.2. The fourth-order valence-electron chi connectivity index (χ4n) is 6.48. The Morgan fingerprint density at radius 3 is 1.65 bits per heavy atom. The van der Waals surface area contributed by atoms with Crippen LogP contribution in [0.1, 0.15) is 40.5 Å². The molecule has 1 aromatic carbocycles. The van der Waals surface area contributed by atoms with Crippen molar-refractivity contribution in [3.05, 3.63) is 40.4 Å². The van der Waals surface area contributed by atoms with Crippen molar-refractivity contribution in [1.82, 2.24) is 30.1 Å². The predicted octanol–water partition coefficient (Wildman–Crippen LogP) is -5.61. The second-order valence-corrected chi connectivity index (χ2v) is 16.3. The number of fused-ring (bicyclic) bond motifs is 1. The van der Waals surface area contributed by atoms with Crippen molar-refractivity contribution in [1.29, 1.82) is 0 Å². The molecule has 2 heterocycles. The molecule has 0 saturated heterocycles. The van der Waals surface area contributed by atoms with E-state index >= 15 is 0 Å². The zero-order valence-corrected chi connectivity index (χ0v) is 41.9. The third-order valence-electron chi connectivity index (χ3n) is 10.4. The third kappa shape index (κ3) is 23.2. The van der Waals surface area contributed by atoms with Gasteiger partial charge in [-0.2, -0.15) is 26.3 Å². The number of carbonyl (C=O) groups excluding carboxylic acids is 3. The molecule has 0 bridgehead atoms. The fourth-order valence-corrected chi connectivity index (χ4v) is 6.61. The summed E-state index contributed by atoms with van der Waals surface area (Å²) in [5.41, 5.74) is 13.4. The maximum absolute atomic E-state index is 13.1. The number of aliphatic carboxylic acids is 2. The summed E-state index contributed by atoms with van der Waals surface area (Å²) in [6, 6.07) is 5.34. The molecule has 3 aromatic rings. The van der Waals surface area contributed by atoms with Crippen LogP contribution in [0.15, 0.2) is 18.2 Å². The van der Waals surface area contributed by atoms with E-state index in [1.165, 1.54) is 4.90 Å². The highest BCUT2D eigenvalue weighted by Gasteiger charge is 2.38. The number of aliphatic hydroxyl groups excluding tert-OH is 10. The second kappa shape index (κ2) is 33.8. The summed E-state index contributed by atoms with van der Waals surface area (Å²) in [7, 11) is 0. The van der Waals surface area contributed by atoms with Crippen LogP contribution in [0.25, 0.3) is 11.0 Å². The number of nitrogens with one attached hydrogen (secondary N) is 2. The number of aromatic nitrogens is 4. The van der Waals surface area contributed by atoms with E-state index in [-0.39, 0.29) is 87.7 Å². The summed E-state index contributed by atoms with van der Waals surface area (Å²) in [5.74, 6) is -6.12. The van der Waals surface area contributed by atoms with Crippen LogP contribution in [0.5, 0.6) is 0 Å². The molecule has 0 radical (unpaired) electrons. The van der Waals surface area contributed by atoms with E-state index < -0.39 is 105 Å². The van der Waals surface area contributed by atoms with Crippen LogP contribution < -0.4 is 31.8 Å². The van der Waals surface area contributed by atoms with Gasteiger partial charge in [0.05, 0.1) is 78.2 Å². The number of carboxylic acid groups (broad SMARTS) is 2. The highest BCUT2D eigenvalue weighted by atomic mass is 35.5. The first kappa shape index (κ1) is 69.6. The summed E-state index contributed by atoms with van der Waals surface area (Å²) >= 11 is 5.95. The van der Waals surface area contributed by atoms with Gasteiger partial charge in [-0.25, -0.2) is 23.9 Å². The Labute approximate surface area is 438 Å². The third-order valence-corrected chi connectivity index (χ3v) is 10.7. The van der Waals surface area contributed by atoms with Crippen LogP contribution in [0, 0.1) is 0 Å². The van der Waals surface area contributed by atoms with Gasteiger partial charge in [-0.05, 0) is 26.0 Å². The minimum atomic E-state index is -5.19. The molecule has 0 fully saturated rings. The molecule has 17 N–H and O–H groups in total. The number of carbonyl (C=O) groups is 4. The maximum Gasteiger partial charge on any atom is 0.490 e. The zero-order chi connectivity index (χ0) is 59.0. The van der Waals surface area contributed by atoms with Crippen molar-refractivity contribution >= 4 is 58.0 Å². The number of amides is 2. The van der Waals surface area contributed by atoms with E-state index in [0.29, 0.717) is 18.7 Å². The van der Waals surface area contributed by atoms with Crippen LogP contribution in [-0.4, -0.2) is 240 Å². The molecular weight excluding hydrogens is 1080 g/mol. The quantitative estimate of drug-likeness (QED) is 0.0168. The van der Waals surface area contributed by atoms with E-state index in [4.69, 9.17) is 67.3 Å². The van der Waals surface area contributed by atoms with Crippen molar-refractivity contribution in [2.75, 3.05) is 90.5 Å². The topological polar surface area (TPSA) is 455 Å². The number of nitrogens with zero attached hydrogens (tertiary/aromatic N) is 5. The van der Waals surface area contributed by atoms with Crippen LogP contribution in [0.4, 0.5) is 38.0 Å². The minimum Gasteiger partial charge on any atom is -0.542 e. The number of hydrogen-bond donors (Lipinski definition) is 15. The van der Waals surface area contributed by atoms with Crippen molar-refractivity contribution in [3.63, 3.8) is 0 Å². The Morgan fingerprint density at radius 1 is 0.740 bits per heavy atom. The molecule has 35 heteroatoms. The first-order valence-electron chi connectivity index (χ1n) is 22.8. The summed E-state index contributed by atoms with van der Waals surface area (Å²) < 4.78 is 83.9. The number of nitrogen functional groups attached to an aromatic ring is 2. The number of nitrogens with two attached hydrogens (primary N) is 2. The van der Waals surface area contributed by atoms with Gasteiger partial charge in [-0.1, -0.05) is 11.6 Å². The molecule has 0 unspecified atom stereocenters. The standard InChI is InChI=1S/C38H62ClN9O15.2C2HF3O2/c1-3-47-22-6-5-21(15-23(22)48(4-2)28(47)16-43-38(60)29-35(40)45-36(41)34(39)44-29)37(59)42-7-9-61-11-13-63-14-12-62-10-8-46(17-24(51)30(55)32(57)26(53)19-49)18-25(52)31(56)33(58)27(54)20-50;2*3-2(4,5)1(6)7/h5-6,15,24-27,30-33,49-58H,3-4,7-14,16-20H2,1-2H3,(H5-,40,41,42,43,45,59,60);2*(H,6,7)/t24-,25-,26+,27+,30+,31+,32+,33+;;/m0../s1. The van der Waals surface area contributed by atoms with Gasteiger partial charge in [0.15, 0.2) is 33.5 Å². The molecule has 2 aromatic heterocycles. The van der Waals surface area contributed by atoms with Crippen molar-refractivity contribution < 1.29 is 126 Å². The van der Waals surface area contributed by atoms with E-state index in [0.717, 1.165) is 16.9 Å². The van der Waals surface area contributed by atoms with Gasteiger partial charge < -0.3 is 102 Å². The minimum absolute atomic E-state index is 0.00265. The number of rotatable bonds is 30. The molecular formula is C42H64ClF6N9O19. The molecule has 28 nitrogen and oxygen atoms in total.